The zero-order chi connectivity index (χ0) is 30.7. The maximum atomic E-state index is 17.3. The van der Waals surface area contributed by atoms with Crippen LogP contribution in [-0.4, -0.2) is 61.8 Å². The molecule has 0 amide bonds. The van der Waals surface area contributed by atoms with Crippen LogP contribution in [0.5, 0.6) is 0 Å². The Hall–Kier alpha value is -3.51. The van der Waals surface area contributed by atoms with Crippen molar-refractivity contribution in [2.45, 2.75) is 76.9 Å². The van der Waals surface area contributed by atoms with Crippen molar-refractivity contribution in [1.82, 2.24) is 4.98 Å². The Morgan fingerprint density at radius 1 is 1.24 bits per heavy atom. The second-order valence-corrected chi connectivity index (χ2v) is 12.5. The van der Waals surface area contributed by atoms with Gasteiger partial charge in [0.05, 0.1) is 23.9 Å². The third-order valence-electron chi connectivity index (χ3n) is 10.5. The number of carbonyl (C=O) groups excluding carboxylic acids is 3. The molecular weight excluding hydrogens is 551 g/mol. The highest BCUT2D eigenvalue weighted by Crippen LogP contribution is 2.70. The van der Waals surface area contributed by atoms with E-state index in [4.69, 9.17) is 4.74 Å². The maximum absolute atomic E-state index is 17.3. The zero-order valence-electron chi connectivity index (χ0n) is 23.7. The lowest BCUT2D eigenvalue weighted by Gasteiger charge is -2.62. The number of alkyl halides is 1. The number of ketones is 2. The normalized spacial score (nSPS) is 38.5. The van der Waals surface area contributed by atoms with Crippen LogP contribution in [0.2, 0.25) is 0 Å². The molecule has 1 aromatic rings. The number of aromatic nitrogens is 1. The molecule has 12 heteroatoms. The summed E-state index contributed by atoms with van der Waals surface area (Å²) in [6.07, 6.45) is 3.51. The smallest absolute Gasteiger partial charge is 0.312 e. The lowest BCUT2D eigenvalue weighted by Crippen LogP contribution is -2.69. The Kier molecular flexibility index (Phi) is 7.38. The first kappa shape index (κ1) is 30.0. The first-order valence-electron chi connectivity index (χ1n) is 14.1. The number of ether oxygens (including phenoxy) is 1. The first-order chi connectivity index (χ1) is 19.7. The number of carbonyl (C=O) groups is 3. The highest BCUT2D eigenvalue weighted by molar-refractivity contribution is 6.01. The third-order valence-corrected chi connectivity index (χ3v) is 10.5. The molecule has 0 aromatic carbocycles. The topological polar surface area (TPSA) is 166 Å². The Bertz CT molecular complexity index is 1400. The summed E-state index contributed by atoms with van der Waals surface area (Å²) in [6, 6.07) is 4.56. The molecule has 11 nitrogen and oxygen atoms in total. The second kappa shape index (κ2) is 10.3. The number of aliphatic hydroxyl groups is 2. The minimum absolute atomic E-state index is 0.182. The van der Waals surface area contributed by atoms with E-state index in [1.807, 2.05) is 0 Å². The Labute approximate surface area is 241 Å². The van der Waals surface area contributed by atoms with Crippen LogP contribution >= 0.6 is 0 Å². The van der Waals surface area contributed by atoms with E-state index in [2.05, 4.69) is 9.82 Å². The van der Waals surface area contributed by atoms with Crippen molar-refractivity contribution in [2.24, 2.45) is 28.6 Å². The lowest BCUT2D eigenvalue weighted by atomic mass is 9.44. The molecule has 1 heterocycles. The first-order valence-corrected chi connectivity index (χ1v) is 14.1. The fourth-order valence-corrected chi connectivity index (χ4v) is 8.42. The summed E-state index contributed by atoms with van der Waals surface area (Å²) < 4.78 is 22.5. The van der Waals surface area contributed by atoms with Crippen molar-refractivity contribution in [3.63, 3.8) is 0 Å². The number of halogens is 1. The van der Waals surface area contributed by atoms with Gasteiger partial charge in [-0.05, 0) is 68.7 Å². The van der Waals surface area contributed by atoms with Gasteiger partial charge in [0.25, 0.3) is 5.09 Å². The number of pyridine rings is 1. The molecule has 0 saturated heterocycles. The number of rotatable bonds is 8. The fourth-order valence-electron chi connectivity index (χ4n) is 8.42. The Balaban J connectivity index is 1.32. The minimum Gasteiger partial charge on any atom is -0.457 e. The molecule has 2 N–H and O–H groups in total. The molecule has 42 heavy (non-hydrogen) atoms. The standard InChI is InChI=1S/C30H35FN2O9/c1-17-11-23-22-8-7-18-12-21(34)9-10-27(18,2)29(22,31)24(35)14-28(23,3)30(17,38)25(36)16-41-26(37)13-19-5-4-6-20(32-19)15-42-33(39)40/h4-6,9-10,12,17,22-24,35,38H,7-8,11,13-16H2,1-3H3/t17-,22+,23+,24+,27+,28+,29+,30+/m1/s1. The van der Waals surface area contributed by atoms with Crippen molar-refractivity contribution < 1.29 is 43.6 Å². The molecule has 0 unspecified atom stereocenters. The van der Waals surface area contributed by atoms with Gasteiger partial charge in [-0.1, -0.05) is 31.6 Å². The van der Waals surface area contributed by atoms with Crippen molar-refractivity contribution in [1.29, 1.82) is 0 Å². The summed E-state index contributed by atoms with van der Waals surface area (Å²) in [4.78, 5) is 57.0. The molecule has 1 aromatic heterocycles. The van der Waals surface area contributed by atoms with Gasteiger partial charge in [-0.3, -0.25) is 19.4 Å². The zero-order valence-corrected chi connectivity index (χ0v) is 23.7. The van der Waals surface area contributed by atoms with E-state index in [0.29, 0.717) is 24.8 Å². The largest absolute Gasteiger partial charge is 0.457 e. The second-order valence-electron chi connectivity index (χ2n) is 12.5. The van der Waals surface area contributed by atoms with Gasteiger partial charge in [-0.15, -0.1) is 10.1 Å². The molecule has 0 radical (unpaired) electrons. The molecule has 4 aliphatic carbocycles. The molecule has 0 bridgehead atoms. The summed E-state index contributed by atoms with van der Waals surface area (Å²) in [6.45, 7) is 4.02. The van der Waals surface area contributed by atoms with E-state index in [1.54, 1.807) is 32.9 Å². The van der Waals surface area contributed by atoms with Crippen LogP contribution in [0.1, 0.15) is 57.8 Å². The Morgan fingerprint density at radius 2 is 1.95 bits per heavy atom. The Morgan fingerprint density at radius 3 is 2.67 bits per heavy atom. The van der Waals surface area contributed by atoms with Crippen molar-refractivity contribution in [2.75, 3.05) is 6.61 Å². The predicted molar refractivity (Wildman–Crippen MR) is 144 cm³/mol. The fraction of sp³-hybridized carbons (Fsp3) is 0.600. The van der Waals surface area contributed by atoms with Crippen LogP contribution in [0, 0.1) is 38.7 Å². The average molecular weight is 587 g/mol. The van der Waals surface area contributed by atoms with Crippen molar-refractivity contribution >= 4 is 17.5 Å². The summed E-state index contributed by atoms with van der Waals surface area (Å²) in [5.41, 5.74) is -5.31. The number of nitrogens with zero attached hydrogens (tertiary/aromatic N) is 2. The molecule has 3 fully saturated rings. The van der Waals surface area contributed by atoms with Gasteiger partial charge in [0.1, 0.15) is 12.2 Å². The van der Waals surface area contributed by atoms with E-state index in [1.165, 1.54) is 24.3 Å². The van der Waals surface area contributed by atoms with E-state index >= 15 is 4.39 Å². The molecule has 5 rings (SSSR count). The number of aliphatic hydroxyl groups excluding tert-OH is 1. The highest BCUT2D eigenvalue weighted by Gasteiger charge is 2.75. The van der Waals surface area contributed by atoms with Crippen LogP contribution in [-0.2, 0) is 37.0 Å². The SMILES string of the molecule is C[C@@H]1C[C@H]2[C@@H]3CCC4=CC(=O)C=C[C@]4(C)[C@@]3(F)[C@@H](O)C[C@]2(C)[C@@]1(O)C(=O)COC(=O)Cc1cccc(CO[N+](=O)[O-])n1. The van der Waals surface area contributed by atoms with Crippen LogP contribution in [0.15, 0.2) is 42.0 Å². The monoisotopic (exact) mass is 586 g/mol. The summed E-state index contributed by atoms with van der Waals surface area (Å²) in [5.74, 6) is -3.43. The summed E-state index contributed by atoms with van der Waals surface area (Å²) in [7, 11) is 0. The summed E-state index contributed by atoms with van der Waals surface area (Å²) >= 11 is 0. The minimum atomic E-state index is -2.09. The molecule has 4 aliphatic rings. The van der Waals surface area contributed by atoms with Crippen molar-refractivity contribution in [3.05, 3.63) is 63.5 Å². The van der Waals surface area contributed by atoms with Gasteiger partial charge in [-0.2, -0.15) is 0 Å². The quantitative estimate of drug-likeness (QED) is 0.263. The number of fused-ring (bicyclic) bond motifs is 5. The van der Waals surface area contributed by atoms with E-state index in [-0.39, 0.29) is 30.0 Å². The van der Waals surface area contributed by atoms with E-state index in [0.717, 1.165) is 0 Å². The van der Waals surface area contributed by atoms with Crippen LogP contribution in [0.4, 0.5) is 4.39 Å². The van der Waals surface area contributed by atoms with Gasteiger partial charge in [0, 0.05) is 16.7 Å². The maximum Gasteiger partial charge on any atom is 0.312 e. The van der Waals surface area contributed by atoms with Gasteiger partial charge < -0.3 is 19.8 Å². The molecule has 0 aliphatic heterocycles. The number of hydrogen-bond donors (Lipinski definition) is 2. The summed E-state index contributed by atoms with van der Waals surface area (Å²) in [5, 5.41) is 32.9. The predicted octanol–water partition coefficient (Wildman–Crippen LogP) is 2.79. The number of allylic oxidation sites excluding steroid dienone is 4. The van der Waals surface area contributed by atoms with Crippen LogP contribution < -0.4 is 0 Å². The lowest BCUT2D eigenvalue weighted by molar-refractivity contribution is -0.763. The average Bonchev–Trinajstić information content (AvgIpc) is 3.13. The molecule has 0 spiro atoms. The molecule has 3 saturated carbocycles. The van der Waals surface area contributed by atoms with Gasteiger partial charge >= 0.3 is 5.97 Å². The molecular formula is C30H35FN2O9. The number of Topliss-reactive ketones (excluding diaryl/α,β-unsaturated/α-hetero) is 1. The molecule has 8 atom stereocenters. The van der Waals surface area contributed by atoms with Gasteiger partial charge in [0.15, 0.2) is 18.1 Å². The third kappa shape index (κ3) is 4.38. The van der Waals surface area contributed by atoms with Gasteiger partial charge in [0.2, 0.25) is 5.78 Å². The van der Waals surface area contributed by atoms with E-state index in [9.17, 15) is 34.7 Å². The number of hydrogen-bond acceptors (Lipinski definition) is 10. The van der Waals surface area contributed by atoms with Crippen LogP contribution in [0.3, 0.4) is 0 Å². The number of esters is 1. The highest BCUT2D eigenvalue weighted by atomic mass is 19.1. The van der Waals surface area contributed by atoms with Crippen LogP contribution in [0.25, 0.3) is 0 Å². The van der Waals surface area contributed by atoms with Crippen molar-refractivity contribution in [3.8, 4) is 0 Å². The molecule has 226 valence electrons. The van der Waals surface area contributed by atoms with Gasteiger partial charge in [-0.25, -0.2) is 4.39 Å². The van der Waals surface area contributed by atoms with E-state index < -0.39 is 76.0 Å².